The minimum Gasteiger partial charge on any atom is -0.476 e. The highest BCUT2D eigenvalue weighted by molar-refractivity contribution is 5.96. The third kappa shape index (κ3) is 7.25. The van der Waals surface area contributed by atoms with Crippen LogP contribution in [-0.4, -0.2) is 80.1 Å². The molecule has 55 heavy (non-hydrogen) atoms. The van der Waals surface area contributed by atoms with Crippen molar-refractivity contribution in [2.75, 3.05) is 22.9 Å². The summed E-state index contributed by atoms with van der Waals surface area (Å²) < 4.78 is 20.5. The van der Waals surface area contributed by atoms with E-state index in [9.17, 15) is 9.59 Å². The zero-order valence-electron chi connectivity index (χ0n) is 29.1. The van der Waals surface area contributed by atoms with Gasteiger partial charge in [0.15, 0.2) is 23.1 Å². The normalized spacial score (nSPS) is 13.5. The quantitative estimate of drug-likeness (QED) is 0.161. The summed E-state index contributed by atoms with van der Waals surface area (Å²) >= 11 is 0. The lowest BCUT2D eigenvalue weighted by molar-refractivity contribution is 0.0684. The van der Waals surface area contributed by atoms with E-state index < -0.39 is 5.97 Å². The first-order chi connectivity index (χ1) is 27.0. The average molecular weight is 748 g/mol. The molecule has 2 aliphatic heterocycles. The van der Waals surface area contributed by atoms with Crippen molar-refractivity contribution in [3.8, 4) is 0 Å². The van der Waals surface area contributed by atoms with Crippen LogP contribution in [0.1, 0.15) is 61.8 Å². The summed E-state index contributed by atoms with van der Waals surface area (Å²) in [6.07, 6.45) is 14.8. The van der Waals surface area contributed by atoms with Gasteiger partial charge in [0.25, 0.3) is 0 Å². The smallest absolute Gasteiger partial charge is 0.358 e. The molecule has 5 N–H and O–H groups in total. The Morgan fingerprint density at radius 2 is 1.29 bits per heavy atom. The Hall–Kier alpha value is -7.22. The van der Waals surface area contributed by atoms with Gasteiger partial charge in [-0.05, 0) is 12.1 Å². The number of aromatic amines is 2. The van der Waals surface area contributed by atoms with Crippen LogP contribution in [0.15, 0.2) is 80.0 Å². The van der Waals surface area contributed by atoms with Gasteiger partial charge >= 0.3 is 5.97 Å². The Morgan fingerprint density at radius 1 is 0.745 bits per heavy atom. The van der Waals surface area contributed by atoms with Crippen LogP contribution in [0.2, 0.25) is 0 Å². The first-order valence-electron chi connectivity index (χ1n) is 17.2. The van der Waals surface area contributed by atoms with E-state index in [0.717, 1.165) is 51.6 Å². The van der Waals surface area contributed by atoms with Crippen LogP contribution in [0.3, 0.4) is 0 Å². The fraction of sp³-hybridized carbons (Fsp3) is 0.257. The molecular formula is C35H33N13O7. The van der Waals surface area contributed by atoms with E-state index in [2.05, 4.69) is 55.1 Å². The van der Waals surface area contributed by atoms with Crippen molar-refractivity contribution in [2.45, 2.75) is 45.3 Å². The van der Waals surface area contributed by atoms with E-state index >= 15 is 0 Å². The number of carboxylic acids is 1. The van der Waals surface area contributed by atoms with E-state index in [1.807, 2.05) is 23.2 Å². The summed E-state index contributed by atoms with van der Waals surface area (Å²) in [5, 5.41) is 18.7. The summed E-state index contributed by atoms with van der Waals surface area (Å²) in [4.78, 5) is 59.1. The van der Waals surface area contributed by atoms with Crippen LogP contribution in [0.4, 0.5) is 11.6 Å². The Balaban J connectivity index is 0.000000135. The van der Waals surface area contributed by atoms with Gasteiger partial charge < -0.3 is 48.5 Å². The number of aryl methyl sites for hydroxylation is 1. The molecule has 10 rings (SSSR count). The number of nitrogens with two attached hydrogens (primary N) is 1. The van der Waals surface area contributed by atoms with E-state index in [1.165, 1.54) is 18.9 Å². The predicted molar refractivity (Wildman–Crippen MR) is 191 cm³/mol. The van der Waals surface area contributed by atoms with E-state index in [-0.39, 0.29) is 17.9 Å². The number of aromatic carboxylic acids is 1. The lowest BCUT2D eigenvalue weighted by Crippen LogP contribution is -2.31. The lowest BCUT2D eigenvalue weighted by atomic mass is 10.0. The molecule has 2 aliphatic rings. The number of rotatable bonds is 8. The van der Waals surface area contributed by atoms with Crippen molar-refractivity contribution in [3.63, 3.8) is 0 Å². The molecule has 8 aromatic heterocycles. The summed E-state index contributed by atoms with van der Waals surface area (Å²) in [5.74, 6) is 3.01. The molecule has 0 saturated carbocycles. The Bertz CT molecular complexity index is 2540. The molecule has 0 unspecified atom stereocenters. The number of carbonyl (C=O) groups is 2. The van der Waals surface area contributed by atoms with Gasteiger partial charge in [0.2, 0.25) is 5.89 Å². The summed E-state index contributed by atoms with van der Waals surface area (Å²) in [6, 6.07) is 3.86. The molecule has 0 aromatic carbocycles. The maximum atomic E-state index is 12.6. The maximum Gasteiger partial charge on any atom is 0.358 e. The van der Waals surface area contributed by atoms with Crippen molar-refractivity contribution in [3.05, 3.63) is 108 Å². The number of nitrogens with zero attached hydrogens (tertiary/aromatic N) is 10. The standard InChI is InChI=1S/C18H16N6O3.C13H11N5O3.C4H6N2O/c25-13(1-2-15-19-6-8-26-15)16-12-9-24(7-4-14(12)27-23-16)18-11-3-5-20-17(11)21-10-22-18;19-13(20)10-8-5-18(4-2-9(8)21-17-10)12-7-1-3-14-11(7)15-6-16-12;5-3-4-6-1-2-7-4/h3,5-6,8,10H,1-2,4,7,9H2,(H,20,21,22);1,3,6H,2,4-5H2,(H,19,20)(H,14,15,16);1-2H,3,5H2. The first-order valence-corrected chi connectivity index (χ1v) is 17.2. The molecule has 0 saturated heterocycles. The van der Waals surface area contributed by atoms with Gasteiger partial charge in [-0.1, -0.05) is 10.3 Å². The number of ketones is 1. The number of carbonyl (C=O) groups excluding carboxylic acids is 1. The van der Waals surface area contributed by atoms with Crippen molar-refractivity contribution >= 4 is 45.5 Å². The van der Waals surface area contributed by atoms with Gasteiger partial charge in [-0.25, -0.2) is 34.7 Å². The molecule has 20 heteroatoms. The number of aromatic nitrogens is 10. The van der Waals surface area contributed by atoms with Crippen LogP contribution in [-0.2, 0) is 38.9 Å². The summed E-state index contributed by atoms with van der Waals surface area (Å²) in [6.45, 7) is 2.75. The highest BCUT2D eigenvalue weighted by Crippen LogP contribution is 2.31. The molecule has 0 fully saturated rings. The van der Waals surface area contributed by atoms with Crippen LogP contribution in [0.5, 0.6) is 0 Å². The molecule has 0 radical (unpaired) electrons. The third-order valence-electron chi connectivity index (χ3n) is 9.09. The predicted octanol–water partition coefficient (Wildman–Crippen LogP) is 3.65. The topological polar surface area (TPSA) is 274 Å². The maximum absolute atomic E-state index is 12.6. The number of hydrogen-bond acceptors (Lipinski definition) is 17. The number of Topliss-reactive ketones (excluding diaryl/α,β-unsaturated/α-hetero) is 1. The van der Waals surface area contributed by atoms with Crippen LogP contribution >= 0.6 is 0 Å². The van der Waals surface area contributed by atoms with Crippen molar-refractivity contribution in [1.29, 1.82) is 0 Å². The highest BCUT2D eigenvalue weighted by Gasteiger charge is 2.30. The van der Waals surface area contributed by atoms with Crippen molar-refractivity contribution in [2.24, 2.45) is 5.73 Å². The highest BCUT2D eigenvalue weighted by atomic mass is 16.5. The molecule has 8 aromatic rings. The number of carboxylic acid groups (broad SMARTS) is 1. The zero-order valence-corrected chi connectivity index (χ0v) is 29.1. The molecule has 0 aliphatic carbocycles. The fourth-order valence-corrected chi connectivity index (χ4v) is 6.46. The molecule has 0 atom stereocenters. The third-order valence-corrected chi connectivity index (χ3v) is 9.09. The van der Waals surface area contributed by atoms with Gasteiger partial charge in [-0.15, -0.1) is 0 Å². The number of hydrogen-bond donors (Lipinski definition) is 4. The van der Waals surface area contributed by atoms with Crippen molar-refractivity contribution < 1.29 is 32.6 Å². The minimum atomic E-state index is -1.07. The van der Waals surface area contributed by atoms with E-state index in [1.54, 1.807) is 24.9 Å². The van der Waals surface area contributed by atoms with Crippen LogP contribution < -0.4 is 15.5 Å². The van der Waals surface area contributed by atoms with Crippen LogP contribution in [0.25, 0.3) is 22.1 Å². The number of nitrogens with one attached hydrogen (secondary N) is 2. The summed E-state index contributed by atoms with van der Waals surface area (Å²) in [7, 11) is 0. The molecule has 10 heterocycles. The number of H-pyrrole nitrogens is 2. The molecule has 0 amide bonds. The minimum absolute atomic E-state index is 0.0194. The second-order valence-corrected chi connectivity index (χ2v) is 12.4. The Labute approximate surface area is 309 Å². The molecule has 0 spiro atoms. The molecule has 0 bridgehead atoms. The van der Waals surface area contributed by atoms with Gasteiger partial charge in [0.05, 0.1) is 42.8 Å². The summed E-state index contributed by atoms with van der Waals surface area (Å²) in [5.41, 5.74) is 8.51. The lowest BCUT2D eigenvalue weighted by Gasteiger charge is -2.27. The van der Waals surface area contributed by atoms with E-state index in [4.69, 9.17) is 28.7 Å². The number of oxazole rings is 2. The Kier molecular flexibility index (Phi) is 9.76. The number of fused-ring (bicyclic) bond motifs is 4. The first kappa shape index (κ1) is 34.8. The van der Waals surface area contributed by atoms with Gasteiger partial charge in [0.1, 0.15) is 59.6 Å². The van der Waals surface area contributed by atoms with Crippen molar-refractivity contribution in [1.82, 2.24) is 50.2 Å². The monoisotopic (exact) mass is 747 g/mol. The van der Waals surface area contributed by atoms with Gasteiger partial charge in [0, 0.05) is 62.3 Å². The zero-order chi connectivity index (χ0) is 37.7. The SMILES string of the molecule is NCc1ncco1.O=C(CCc1ncco1)c1noc2c1CN(c1ncnc3[nH]ccc13)CC2.O=C(O)c1noc2c1CN(c1ncnc3[nH]ccc13)CC2. The Morgan fingerprint density at radius 3 is 1.80 bits per heavy atom. The fourth-order valence-electron chi connectivity index (χ4n) is 6.46. The molecular weight excluding hydrogens is 714 g/mol. The molecule has 20 nitrogen and oxygen atoms in total. The van der Waals surface area contributed by atoms with E-state index in [0.29, 0.717) is 74.2 Å². The van der Waals surface area contributed by atoms with Gasteiger partial charge in [-0.2, -0.15) is 0 Å². The second-order valence-electron chi connectivity index (χ2n) is 12.4. The average Bonchev–Trinajstić information content (AvgIpc) is 4.07. The van der Waals surface area contributed by atoms with Crippen LogP contribution in [0, 0.1) is 0 Å². The number of anilines is 2. The largest absolute Gasteiger partial charge is 0.476 e. The van der Waals surface area contributed by atoms with Gasteiger partial charge in [-0.3, -0.25) is 4.79 Å². The molecule has 280 valence electrons. The second kappa shape index (κ2) is 15.4.